The standard InChI is InChI=1S/C13H20N4/c14-11-7-4-8-16-12(11)13(15)17-9-10-5-2-1-3-6-10/h4,7-8,10H,1-3,5-6,9,14H2,(H2,15,17). The Morgan fingerprint density at radius 1 is 1.35 bits per heavy atom. The highest BCUT2D eigenvalue weighted by atomic mass is 14.9. The summed E-state index contributed by atoms with van der Waals surface area (Å²) in [7, 11) is 0. The molecule has 0 aliphatic heterocycles. The molecule has 1 aromatic heterocycles. The van der Waals surface area contributed by atoms with Gasteiger partial charge in [-0.1, -0.05) is 19.3 Å². The Balaban J connectivity index is 1.99. The smallest absolute Gasteiger partial charge is 0.146 e. The third kappa shape index (κ3) is 3.19. The van der Waals surface area contributed by atoms with Gasteiger partial charge in [-0.25, -0.2) is 0 Å². The summed E-state index contributed by atoms with van der Waals surface area (Å²) in [5.74, 6) is 1.15. The molecule has 4 heteroatoms. The van der Waals surface area contributed by atoms with Crippen LogP contribution in [0.5, 0.6) is 0 Å². The third-order valence-corrected chi connectivity index (χ3v) is 3.33. The van der Waals surface area contributed by atoms with E-state index in [1.807, 2.05) is 0 Å². The van der Waals surface area contributed by atoms with Crippen molar-refractivity contribution in [2.75, 3.05) is 12.3 Å². The number of aromatic nitrogens is 1. The van der Waals surface area contributed by atoms with Crippen LogP contribution >= 0.6 is 0 Å². The van der Waals surface area contributed by atoms with E-state index < -0.39 is 0 Å². The molecular weight excluding hydrogens is 212 g/mol. The largest absolute Gasteiger partial charge is 0.397 e. The van der Waals surface area contributed by atoms with Crippen molar-refractivity contribution in [3.05, 3.63) is 24.0 Å². The number of rotatable bonds is 3. The van der Waals surface area contributed by atoms with Crippen molar-refractivity contribution in [1.82, 2.24) is 4.98 Å². The van der Waals surface area contributed by atoms with E-state index in [1.54, 1.807) is 18.3 Å². The number of nitrogen functional groups attached to an aromatic ring is 1. The lowest BCUT2D eigenvalue weighted by Gasteiger charge is -2.19. The quantitative estimate of drug-likeness (QED) is 0.617. The molecule has 0 atom stereocenters. The molecule has 1 heterocycles. The zero-order valence-electron chi connectivity index (χ0n) is 10.1. The zero-order chi connectivity index (χ0) is 12.1. The van der Waals surface area contributed by atoms with E-state index in [1.165, 1.54) is 32.1 Å². The summed E-state index contributed by atoms with van der Waals surface area (Å²) in [4.78, 5) is 8.59. The number of anilines is 1. The number of aliphatic imine (C=N–C) groups is 1. The van der Waals surface area contributed by atoms with Gasteiger partial charge in [0.2, 0.25) is 0 Å². The molecule has 0 radical (unpaired) electrons. The Bertz CT molecular complexity index is 394. The van der Waals surface area contributed by atoms with Gasteiger partial charge in [-0.2, -0.15) is 0 Å². The lowest BCUT2D eigenvalue weighted by molar-refractivity contribution is 0.367. The van der Waals surface area contributed by atoms with Gasteiger partial charge in [0.15, 0.2) is 0 Å². The van der Waals surface area contributed by atoms with E-state index >= 15 is 0 Å². The average Bonchev–Trinajstić information content (AvgIpc) is 2.38. The molecule has 4 nitrogen and oxygen atoms in total. The first-order valence-electron chi connectivity index (χ1n) is 6.28. The summed E-state index contributed by atoms with van der Waals surface area (Å²) in [6.45, 7) is 0.807. The van der Waals surface area contributed by atoms with Crippen LogP contribution in [0.1, 0.15) is 37.8 Å². The van der Waals surface area contributed by atoms with Crippen LogP contribution in [-0.4, -0.2) is 17.4 Å². The Hall–Kier alpha value is -1.58. The van der Waals surface area contributed by atoms with Gasteiger partial charge in [-0.3, -0.25) is 9.98 Å². The maximum atomic E-state index is 5.92. The van der Waals surface area contributed by atoms with Gasteiger partial charge in [0, 0.05) is 12.7 Å². The number of nitrogens with zero attached hydrogens (tertiary/aromatic N) is 2. The van der Waals surface area contributed by atoms with Crippen molar-refractivity contribution in [1.29, 1.82) is 0 Å². The summed E-state index contributed by atoms with van der Waals surface area (Å²) in [6.07, 6.45) is 8.25. The van der Waals surface area contributed by atoms with Gasteiger partial charge < -0.3 is 11.5 Å². The number of hydrogen-bond acceptors (Lipinski definition) is 3. The van der Waals surface area contributed by atoms with E-state index in [9.17, 15) is 0 Å². The van der Waals surface area contributed by atoms with Crippen molar-refractivity contribution in [2.45, 2.75) is 32.1 Å². The minimum absolute atomic E-state index is 0.466. The predicted molar refractivity (Wildman–Crippen MR) is 70.8 cm³/mol. The summed E-state index contributed by atoms with van der Waals surface area (Å²) in [5, 5.41) is 0. The maximum absolute atomic E-state index is 5.92. The first-order valence-corrected chi connectivity index (χ1v) is 6.28. The fraction of sp³-hybridized carbons (Fsp3) is 0.538. The van der Waals surface area contributed by atoms with Crippen LogP contribution in [-0.2, 0) is 0 Å². The number of hydrogen-bond donors (Lipinski definition) is 2. The van der Waals surface area contributed by atoms with Crippen LogP contribution in [0.4, 0.5) is 5.69 Å². The number of nitrogens with two attached hydrogens (primary N) is 2. The minimum Gasteiger partial charge on any atom is -0.397 e. The van der Waals surface area contributed by atoms with Crippen molar-refractivity contribution in [2.24, 2.45) is 16.6 Å². The third-order valence-electron chi connectivity index (χ3n) is 3.33. The van der Waals surface area contributed by atoms with E-state index in [0.29, 0.717) is 23.1 Å². The Labute approximate surface area is 102 Å². The summed E-state index contributed by atoms with van der Waals surface area (Å²) in [5.41, 5.74) is 12.9. The first kappa shape index (κ1) is 11.9. The number of amidine groups is 1. The van der Waals surface area contributed by atoms with E-state index in [4.69, 9.17) is 11.5 Å². The highest BCUT2D eigenvalue weighted by Crippen LogP contribution is 2.23. The fourth-order valence-corrected chi connectivity index (χ4v) is 2.30. The monoisotopic (exact) mass is 232 g/mol. The van der Waals surface area contributed by atoms with E-state index in [-0.39, 0.29) is 0 Å². The van der Waals surface area contributed by atoms with Gasteiger partial charge in [0.1, 0.15) is 11.5 Å². The van der Waals surface area contributed by atoms with Crippen LogP contribution in [0.15, 0.2) is 23.3 Å². The topological polar surface area (TPSA) is 77.3 Å². The molecule has 0 saturated heterocycles. The van der Waals surface area contributed by atoms with Crippen molar-refractivity contribution in [3.63, 3.8) is 0 Å². The molecule has 1 aliphatic carbocycles. The normalized spacial score (nSPS) is 18.2. The molecule has 1 aliphatic rings. The highest BCUT2D eigenvalue weighted by Gasteiger charge is 2.13. The molecular formula is C13H20N4. The highest BCUT2D eigenvalue weighted by molar-refractivity contribution is 5.99. The van der Waals surface area contributed by atoms with Gasteiger partial charge >= 0.3 is 0 Å². The van der Waals surface area contributed by atoms with Crippen LogP contribution < -0.4 is 11.5 Å². The molecule has 4 N–H and O–H groups in total. The minimum atomic E-state index is 0.466. The lowest BCUT2D eigenvalue weighted by atomic mass is 9.89. The molecule has 0 bridgehead atoms. The van der Waals surface area contributed by atoms with Crippen LogP contribution in [0.25, 0.3) is 0 Å². The van der Waals surface area contributed by atoms with E-state index in [2.05, 4.69) is 9.98 Å². The second-order valence-electron chi connectivity index (χ2n) is 4.67. The van der Waals surface area contributed by atoms with Crippen molar-refractivity contribution in [3.8, 4) is 0 Å². The first-order chi connectivity index (χ1) is 8.27. The Morgan fingerprint density at radius 2 is 2.12 bits per heavy atom. The molecule has 0 amide bonds. The lowest BCUT2D eigenvalue weighted by Crippen LogP contribution is -2.20. The average molecular weight is 232 g/mol. The molecule has 1 fully saturated rings. The van der Waals surface area contributed by atoms with Gasteiger partial charge in [0.25, 0.3) is 0 Å². The summed E-state index contributed by atoms with van der Waals surface area (Å²) in [6, 6.07) is 3.60. The molecule has 17 heavy (non-hydrogen) atoms. The molecule has 0 unspecified atom stereocenters. The predicted octanol–water partition coefficient (Wildman–Crippen LogP) is 1.95. The fourth-order valence-electron chi connectivity index (χ4n) is 2.30. The molecule has 92 valence electrons. The maximum Gasteiger partial charge on any atom is 0.146 e. The second kappa shape index (κ2) is 5.66. The van der Waals surface area contributed by atoms with Crippen molar-refractivity contribution >= 4 is 11.5 Å². The number of pyridine rings is 1. The van der Waals surface area contributed by atoms with Crippen LogP contribution in [0, 0.1) is 5.92 Å². The van der Waals surface area contributed by atoms with Crippen LogP contribution in [0.3, 0.4) is 0 Å². The Morgan fingerprint density at radius 3 is 2.82 bits per heavy atom. The second-order valence-corrected chi connectivity index (χ2v) is 4.67. The molecule has 2 rings (SSSR count). The van der Waals surface area contributed by atoms with Crippen LogP contribution in [0.2, 0.25) is 0 Å². The molecule has 0 spiro atoms. The molecule has 1 saturated carbocycles. The van der Waals surface area contributed by atoms with Gasteiger partial charge in [-0.05, 0) is 30.9 Å². The van der Waals surface area contributed by atoms with Gasteiger partial charge in [0.05, 0.1) is 5.69 Å². The SMILES string of the molecule is NC(=NCC1CCCCC1)c1ncccc1N. The molecule has 1 aromatic rings. The summed E-state index contributed by atoms with van der Waals surface area (Å²) >= 11 is 0. The summed E-state index contributed by atoms with van der Waals surface area (Å²) < 4.78 is 0. The van der Waals surface area contributed by atoms with Crippen molar-refractivity contribution < 1.29 is 0 Å². The van der Waals surface area contributed by atoms with Gasteiger partial charge in [-0.15, -0.1) is 0 Å². The molecule has 0 aromatic carbocycles. The zero-order valence-corrected chi connectivity index (χ0v) is 10.1. The Kier molecular flexibility index (Phi) is 3.96. The van der Waals surface area contributed by atoms with E-state index in [0.717, 1.165) is 6.54 Å².